The second-order valence-corrected chi connectivity index (χ2v) is 9.56. The molecule has 37 heavy (non-hydrogen) atoms. The lowest BCUT2D eigenvalue weighted by Crippen LogP contribution is -2.38. The Bertz CT molecular complexity index is 1410. The number of nitrogens with one attached hydrogen (secondary N) is 2. The molecule has 1 aliphatic rings. The van der Waals surface area contributed by atoms with Crippen molar-refractivity contribution in [2.24, 2.45) is 0 Å². The lowest BCUT2D eigenvalue weighted by Gasteiger charge is -2.28. The summed E-state index contributed by atoms with van der Waals surface area (Å²) >= 11 is 0. The summed E-state index contributed by atoms with van der Waals surface area (Å²) in [6.45, 7) is 5.50. The van der Waals surface area contributed by atoms with Crippen molar-refractivity contribution >= 4 is 28.3 Å². The number of aliphatic hydroxyl groups excluding tert-OH is 1. The normalized spacial score (nSPS) is 15.0. The summed E-state index contributed by atoms with van der Waals surface area (Å²) < 4.78 is 5.39. The maximum Gasteiger partial charge on any atom is 0.255 e. The van der Waals surface area contributed by atoms with E-state index in [1.807, 2.05) is 74.4 Å². The van der Waals surface area contributed by atoms with Gasteiger partial charge in [-0.05, 0) is 55.0 Å². The third-order valence-electron chi connectivity index (χ3n) is 6.71. The molecule has 1 fully saturated rings. The minimum Gasteiger partial charge on any atom is -0.385 e. The van der Waals surface area contributed by atoms with E-state index in [2.05, 4.69) is 20.4 Å². The number of fused-ring (bicyclic) bond motifs is 1. The van der Waals surface area contributed by atoms with Crippen molar-refractivity contribution in [2.75, 3.05) is 57.2 Å². The topological polar surface area (TPSA) is 107 Å². The molecule has 1 saturated heterocycles. The fourth-order valence-corrected chi connectivity index (χ4v) is 4.55. The van der Waals surface area contributed by atoms with E-state index in [-0.39, 0.29) is 5.91 Å². The van der Waals surface area contributed by atoms with Gasteiger partial charge >= 0.3 is 0 Å². The molecule has 1 amide bonds. The highest BCUT2D eigenvalue weighted by molar-refractivity contribution is 6.05. The van der Waals surface area contributed by atoms with Crippen molar-refractivity contribution in [3.63, 3.8) is 0 Å². The number of carbonyl (C=O) groups is 1. The molecule has 0 aliphatic carbocycles. The number of aliphatic hydroxyl groups is 1. The first-order valence-corrected chi connectivity index (χ1v) is 12.4. The summed E-state index contributed by atoms with van der Waals surface area (Å²) in [6, 6.07) is 17.2. The van der Waals surface area contributed by atoms with Gasteiger partial charge in [0.25, 0.3) is 5.91 Å². The molecule has 3 heterocycles. The van der Waals surface area contributed by atoms with Gasteiger partial charge in [0.1, 0.15) is 6.10 Å². The zero-order valence-electron chi connectivity index (χ0n) is 21.4. The smallest absolute Gasteiger partial charge is 0.255 e. The molecule has 9 nitrogen and oxygen atoms in total. The number of aryl methyl sites for hydroxylation is 1. The number of benzene rings is 2. The van der Waals surface area contributed by atoms with Crippen molar-refractivity contribution in [3.05, 3.63) is 71.4 Å². The largest absolute Gasteiger partial charge is 0.385 e. The van der Waals surface area contributed by atoms with Crippen LogP contribution < -0.4 is 10.2 Å². The number of nitrogens with zero attached hydrogens (tertiary/aromatic N) is 4. The average Bonchev–Trinajstić information content (AvgIpc) is 3.34. The number of carbonyl (C=O) groups excluding carboxylic acids is 1. The molecule has 1 unspecified atom stereocenters. The first-order valence-electron chi connectivity index (χ1n) is 12.4. The van der Waals surface area contributed by atoms with Crippen LogP contribution in [0.4, 0.5) is 11.4 Å². The number of H-pyrrole nitrogens is 1. The van der Waals surface area contributed by atoms with Crippen molar-refractivity contribution in [1.29, 1.82) is 0 Å². The molecule has 1 atom stereocenters. The first kappa shape index (κ1) is 24.9. The fraction of sp³-hybridized carbons (Fsp3) is 0.321. The molecule has 0 radical (unpaired) electrons. The Morgan fingerprint density at radius 2 is 1.97 bits per heavy atom. The number of aromatic nitrogens is 3. The number of hydrogen-bond acceptors (Lipinski definition) is 7. The number of morpholine rings is 1. The molecular formula is C28H32N6O3. The Hall–Kier alpha value is -3.79. The third-order valence-corrected chi connectivity index (χ3v) is 6.71. The summed E-state index contributed by atoms with van der Waals surface area (Å²) in [5.74, 6) is -0.173. The molecule has 0 spiro atoms. The number of amides is 1. The monoisotopic (exact) mass is 500 g/mol. The van der Waals surface area contributed by atoms with E-state index in [4.69, 9.17) is 9.72 Å². The van der Waals surface area contributed by atoms with Crippen LogP contribution in [-0.2, 0) is 4.74 Å². The molecule has 1 aliphatic heterocycles. The van der Waals surface area contributed by atoms with E-state index in [0.29, 0.717) is 42.4 Å². The van der Waals surface area contributed by atoms with Crippen LogP contribution in [0.15, 0.2) is 54.6 Å². The van der Waals surface area contributed by atoms with E-state index in [9.17, 15) is 9.90 Å². The molecule has 9 heteroatoms. The fourth-order valence-electron chi connectivity index (χ4n) is 4.55. The van der Waals surface area contributed by atoms with Crippen LogP contribution in [0.3, 0.4) is 0 Å². The Morgan fingerprint density at radius 1 is 1.16 bits per heavy atom. The summed E-state index contributed by atoms with van der Waals surface area (Å²) in [6.07, 6.45) is -0.693. The van der Waals surface area contributed by atoms with Crippen LogP contribution in [0.1, 0.15) is 27.7 Å². The van der Waals surface area contributed by atoms with Crippen molar-refractivity contribution < 1.29 is 14.6 Å². The molecule has 2 aromatic carbocycles. The number of hydrogen-bond donors (Lipinski definition) is 3. The molecule has 0 bridgehead atoms. The minimum absolute atomic E-state index is 0.173. The minimum atomic E-state index is -0.693. The van der Waals surface area contributed by atoms with Gasteiger partial charge in [0.15, 0.2) is 5.65 Å². The standard InChI is InChI=1S/C28H32N6O3/c1-18-7-8-20(29-28(36)19-5-4-6-21(15-19)33(2)3)16-23(18)24-10-9-22-26(31-32-27(22)30-24)25(35)17-34-11-13-37-14-12-34/h4-10,15-16,25,35H,11-14,17H2,1-3H3,(H,29,36)(H,30,31,32). The summed E-state index contributed by atoms with van der Waals surface area (Å²) in [7, 11) is 3.89. The SMILES string of the molecule is Cc1ccc(NC(=O)c2cccc(N(C)C)c2)cc1-c1ccc2c(C(O)CN3CCOCC3)[nH]nc2n1. The number of pyridine rings is 1. The third kappa shape index (κ3) is 5.48. The van der Waals surface area contributed by atoms with E-state index in [1.165, 1.54) is 0 Å². The Kier molecular flexibility index (Phi) is 7.18. The molecular weight excluding hydrogens is 468 g/mol. The van der Waals surface area contributed by atoms with Crippen LogP contribution in [-0.4, -0.2) is 78.0 Å². The zero-order valence-corrected chi connectivity index (χ0v) is 21.4. The highest BCUT2D eigenvalue weighted by Crippen LogP contribution is 2.29. The van der Waals surface area contributed by atoms with Gasteiger partial charge in [0, 0.05) is 61.6 Å². The van der Waals surface area contributed by atoms with Crippen LogP contribution in [0.5, 0.6) is 0 Å². The molecule has 4 aromatic rings. The van der Waals surface area contributed by atoms with Crippen LogP contribution >= 0.6 is 0 Å². The Morgan fingerprint density at radius 3 is 2.76 bits per heavy atom. The van der Waals surface area contributed by atoms with Gasteiger partial charge < -0.3 is 20.1 Å². The summed E-state index contributed by atoms with van der Waals surface area (Å²) in [4.78, 5) is 21.8. The van der Waals surface area contributed by atoms with Crippen LogP contribution in [0.2, 0.25) is 0 Å². The molecule has 3 N–H and O–H groups in total. The van der Waals surface area contributed by atoms with Gasteiger partial charge in [0.2, 0.25) is 0 Å². The first-order chi connectivity index (χ1) is 17.9. The number of aromatic amines is 1. The quantitative estimate of drug-likeness (QED) is 0.356. The highest BCUT2D eigenvalue weighted by atomic mass is 16.5. The van der Waals surface area contributed by atoms with Crippen molar-refractivity contribution in [2.45, 2.75) is 13.0 Å². The zero-order chi connectivity index (χ0) is 25.9. The second-order valence-electron chi connectivity index (χ2n) is 9.56. The predicted octanol–water partition coefficient (Wildman–Crippen LogP) is 3.62. The van der Waals surface area contributed by atoms with Gasteiger partial charge in [-0.15, -0.1) is 0 Å². The second kappa shape index (κ2) is 10.7. The van der Waals surface area contributed by atoms with E-state index >= 15 is 0 Å². The predicted molar refractivity (Wildman–Crippen MR) is 145 cm³/mol. The van der Waals surface area contributed by atoms with Crippen LogP contribution in [0, 0.1) is 6.92 Å². The molecule has 192 valence electrons. The number of anilines is 2. The maximum atomic E-state index is 12.9. The van der Waals surface area contributed by atoms with E-state index < -0.39 is 6.10 Å². The van der Waals surface area contributed by atoms with Gasteiger partial charge in [-0.3, -0.25) is 14.8 Å². The van der Waals surface area contributed by atoms with E-state index in [0.717, 1.165) is 41.0 Å². The highest BCUT2D eigenvalue weighted by Gasteiger charge is 2.21. The molecule has 5 rings (SSSR count). The number of ether oxygens (including phenoxy) is 1. The van der Waals surface area contributed by atoms with Crippen LogP contribution in [0.25, 0.3) is 22.3 Å². The van der Waals surface area contributed by atoms with E-state index in [1.54, 1.807) is 6.07 Å². The van der Waals surface area contributed by atoms with Gasteiger partial charge in [-0.1, -0.05) is 12.1 Å². The Balaban J connectivity index is 1.36. The number of β-amino-alcohol motifs (C(OH)–C–C–N with tert-alkyl or cyclic N) is 1. The van der Waals surface area contributed by atoms with Gasteiger partial charge in [-0.25, -0.2) is 4.98 Å². The van der Waals surface area contributed by atoms with Gasteiger partial charge in [0.05, 0.1) is 24.6 Å². The molecule has 2 aromatic heterocycles. The molecule has 0 saturated carbocycles. The summed E-state index contributed by atoms with van der Waals surface area (Å²) in [5, 5.41) is 22.0. The van der Waals surface area contributed by atoms with Crippen molar-refractivity contribution in [3.8, 4) is 11.3 Å². The summed E-state index contributed by atoms with van der Waals surface area (Å²) in [5.41, 5.74) is 6.13. The van der Waals surface area contributed by atoms with Gasteiger partial charge in [-0.2, -0.15) is 5.10 Å². The average molecular weight is 501 g/mol. The lowest BCUT2D eigenvalue weighted by molar-refractivity contribution is 0.0138. The lowest BCUT2D eigenvalue weighted by atomic mass is 10.0. The number of rotatable bonds is 7. The Labute approximate surface area is 216 Å². The maximum absolute atomic E-state index is 12.9. The van der Waals surface area contributed by atoms with Crippen molar-refractivity contribution in [1.82, 2.24) is 20.1 Å².